The molecular weight excluding hydrogens is 292 g/mol. The van der Waals surface area contributed by atoms with Crippen molar-refractivity contribution in [1.82, 2.24) is 19.2 Å². The number of ether oxygens (including phenoxy) is 1. The minimum atomic E-state index is -0.184. The van der Waals surface area contributed by atoms with Gasteiger partial charge in [0.15, 0.2) is 0 Å². The van der Waals surface area contributed by atoms with E-state index in [0.29, 0.717) is 23.2 Å². The van der Waals surface area contributed by atoms with Crippen molar-refractivity contribution in [2.24, 2.45) is 0 Å². The molecule has 0 aliphatic rings. The van der Waals surface area contributed by atoms with Gasteiger partial charge in [-0.15, -0.1) is 5.10 Å². The van der Waals surface area contributed by atoms with Crippen LogP contribution in [0.1, 0.15) is 11.3 Å². The molecule has 0 aromatic carbocycles. The Balaban J connectivity index is 2.14. The van der Waals surface area contributed by atoms with E-state index in [4.69, 9.17) is 16.3 Å². The molecule has 0 saturated heterocycles. The van der Waals surface area contributed by atoms with E-state index in [1.165, 1.54) is 11.6 Å². The second kappa shape index (κ2) is 5.21. The third-order valence-electron chi connectivity index (χ3n) is 3.25. The number of halogens is 1. The summed E-state index contributed by atoms with van der Waals surface area (Å²) in [6, 6.07) is 6.92. The van der Waals surface area contributed by atoms with Gasteiger partial charge in [-0.1, -0.05) is 17.7 Å². The number of pyridine rings is 1. The summed E-state index contributed by atoms with van der Waals surface area (Å²) in [5, 5.41) is 4.56. The Morgan fingerprint density at radius 2 is 2.14 bits per heavy atom. The summed E-state index contributed by atoms with van der Waals surface area (Å²) < 4.78 is 8.40. The van der Waals surface area contributed by atoms with Crippen LogP contribution in [0.25, 0.3) is 5.65 Å². The van der Waals surface area contributed by atoms with Crippen LogP contribution in [0.2, 0.25) is 5.15 Å². The Hall–Kier alpha value is -2.34. The van der Waals surface area contributed by atoms with Crippen molar-refractivity contribution in [2.45, 2.75) is 13.5 Å². The second-order valence-electron chi connectivity index (χ2n) is 4.66. The topological polar surface area (TPSA) is 61.4 Å². The largest absolute Gasteiger partial charge is 0.480 e. The molecule has 3 aromatic heterocycles. The van der Waals surface area contributed by atoms with Crippen molar-refractivity contribution in [3.8, 4) is 5.88 Å². The zero-order chi connectivity index (χ0) is 15.0. The van der Waals surface area contributed by atoms with Gasteiger partial charge in [0.05, 0.1) is 13.7 Å². The molecule has 6 nitrogen and oxygen atoms in total. The number of aryl methyl sites for hydroxylation is 1. The summed E-state index contributed by atoms with van der Waals surface area (Å²) in [6.07, 6.45) is 1.71. The van der Waals surface area contributed by atoms with Gasteiger partial charge in [-0.2, -0.15) is 4.52 Å². The van der Waals surface area contributed by atoms with Crippen molar-refractivity contribution < 1.29 is 4.74 Å². The van der Waals surface area contributed by atoms with E-state index in [1.807, 2.05) is 17.6 Å². The number of hydrogen-bond acceptors (Lipinski definition) is 4. The van der Waals surface area contributed by atoms with Crippen LogP contribution < -0.4 is 10.3 Å². The van der Waals surface area contributed by atoms with Crippen LogP contribution in [0.3, 0.4) is 0 Å². The van der Waals surface area contributed by atoms with E-state index in [-0.39, 0.29) is 5.56 Å². The number of aromatic nitrogens is 4. The molecule has 0 aliphatic carbocycles. The molecule has 3 heterocycles. The first-order valence-corrected chi connectivity index (χ1v) is 6.71. The first-order valence-electron chi connectivity index (χ1n) is 6.33. The lowest BCUT2D eigenvalue weighted by molar-refractivity contribution is 0.394. The summed E-state index contributed by atoms with van der Waals surface area (Å²) in [4.78, 5) is 16.0. The SMILES string of the molecule is COc1cc2n(Cc3ccc(Cl)nc3)c(C)cc(=O)n2n1. The summed E-state index contributed by atoms with van der Waals surface area (Å²) in [5.74, 6) is 0.403. The van der Waals surface area contributed by atoms with Crippen molar-refractivity contribution in [1.29, 1.82) is 0 Å². The molecule has 0 aliphatic heterocycles. The molecular formula is C14H13ClN4O2. The second-order valence-corrected chi connectivity index (χ2v) is 5.04. The fraction of sp³-hybridized carbons (Fsp3) is 0.214. The summed E-state index contributed by atoms with van der Waals surface area (Å²) in [6.45, 7) is 2.44. The number of nitrogens with zero attached hydrogens (tertiary/aromatic N) is 4. The van der Waals surface area contributed by atoms with E-state index in [1.54, 1.807) is 24.4 Å². The highest BCUT2D eigenvalue weighted by atomic mass is 35.5. The lowest BCUT2D eigenvalue weighted by Crippen LogP contribution is -2.20. The monoisotopic (exact) mass is 304 g/mol. The third-order valence-corrected chi connectivity index (χ3v) is 3.47. The highest BCUT2D eigenvalue weighted by molar-refractivity contribution is 6.29. The molecule has 7 heteroatoms. The molecule has 0 radical (unpaired) electrons. The van der Waals surface area contributed by atoms with Crippen LogP contribution in [0.4, 0.5) is 0 Å². The molecule has 108 valence electrons. The molecule has 0 saturated carbocycles. The standard InChI is InChI=1S/C14H13ClN4O2/c1-9-5-14(20)19-13(6-12(17-19)21-2)18(9)8-10-3-4-11(15)16-7-10/h3-7H,8H2,1-2H3. The molecule has 21 heavy (non-hydrogen) atoms. The van der Waals surface area contributed by atoms with E-state index >= 15 is 0 Å². The molecule has 0 atom stereocenters. The van der Waals surface area contributed by atoms with Gasteiger partial charge in [0, 0.05) is 24.0 Å². The maximum absolute atomic E-state index is 12.0. The molecule has 0 spiro atoms. The maximum atomic E-state index is 12.0. The summed E-state index contributed by atoms with van der Waals surface area (Å²) >= 11 is 5.79. The van der Waals surface area contributed by atoms with Gasteiger partial charge >= 0.3 is 0 Å². The lowest BCUT2D eigenvalue weighted by atomic mass is 10.2. The Labute approximate surface area is 125 Å². The average Bonchev–Trinajstić information content (AvgIpc) is 2.90. The van der Waals surface area contributed by atoms with Gasteiger partial charge in [0.1, 0.15) is 10.8 Å². The van der Waals surface area contributed by atoms with E-state index in [9.17, 15) is 4.79 Å². The Morgan fingerprint density at radius 3 is 2.81 bits per heavy atom. The minimum Gasteiger partial charge on any atom is -0.480 e. The van der Waals surface area contributed by atoms with Crippen molar-refractivity contribution in [3.05, 3.63) is 57.2 Å². The van der Waals surface area contributed by atoms with Gasteiger partial charge in [-0.05, 0) is 18.6 Å². The smallest absolute Gasteiger partial charge is 0.274 e. The van der Waals surface area contributed by atoms with Gasteiger partial charge in [-0.25, -0.2) is 4.98 Å². The number of fused-ring (bicyclic) bond motifs is 1. The lowest BCUT2D eigenvalue weighted by Gasteiger charge is -2.12. The van der Waals surface area contributed by atoms with Crippen LogP contribution >= 0.6 is 11.6 Å². The Morgan fingerprint density at radius 1 is 1.33 bits per heavy atom. The van der Waals surface area contributed by atoms with Crippen LogP contribution in [0.15, 0.2) is 35.3 Å². The first-order chi connectivity index (χ1) is 10.1. The van der Waals surface area contributed by atoms with Crippen LogP contribution in [0, 0.1) is 6.92 Å². The van der Waals surface area contributed by atoms with Crippen molar-refractivity contribution in [3.63, 3.8) is 0 Å². The maximum Gasteiger partial charge on any atom is 0.274 e. The van der Waals surface area contributed by atoms with Crippen LogP contribution in [-0.2, 0) is 6.54 Å². The normalized spacial score (nSPS) is 11.0. The van der Waals surface area contributed by atoms with E-state index in [0.717, 1.165) is 11.3 Å². The van der Waals surface area contributed by atoms with Gasteiger partial charge in [0.25, 0.3) is 5.56 Å². The molecule has 3 rings (SSSR count). The fourth-order valence-corrected chi connectivity index (χ4v) is 2.30. The Kier molecular flexibility index (Phi) is 3.39. The third kappa shape index (κ3) is 2.50. The molecule has 0 amide bonds. The summed E-state index contributed by atoms with van der Waals surface area (Å²) in [5.41, 5.74) is 2.31. The molecule has 3 aromatic rings. The quantitative estimate of drug-likeness (QED) is 0.694. The molecule has 0 bridgehead atoms. The number of methoxy groups -OCH3 is 1. The van der Waals surface area contributed by atoms with Crippen molar-refractivity contribution >= 4 is 17.2 Å². The zero-order valence-corrected chi connectivity index (χ0v) is 12.3. The predicted octanol–water partition coefficient (Wildman–Crippen LogP) is 1.91. The zero-order valence-electron chi connectivity index (χ0n) is 11.6. The van der Waals surface area contributed by atoms with Crippen molar-refractivity contribution in [2.75, 3.05) is 7.11 Å². The van der Waals surface area contributed by atoms with E-state index in [2.05, 4.69) is 10.1 Å². The molecule has 0 unspecified atom stereocenters. The van der Waals surface area contributed by atoms with Crippen LogP contribution in [0.5, 0.6) is 5.88 Å². The number of hydrogen-bond donors (Lipinski definition) is 0. The van der Waals surface area contributed by atoms with Gasteiger partial charge in [0.2, 0.25) is 5.88 Å². The number of rotatable bonds is 3. The van der Waals surface area contributed by atoms with Crippen LogP contribution in [-0.4, -0.2) is 26.3 Å². The molecule has 0 fully saturated rings. The fourth-order valence-electron chi connectivity index (χ4n) is 2.19. The average molecular weight is 305 g/mol. The van der Waals surface area contributed by atoms with E-state index < -0.39 is 0 Å². The first kappa shape index (κ1) is 13.6. The van der Waals surface area contributed by atoms with Gasteiger partial charge < -0.3 is 9.30 Å². The Bertz CT molecular complexity index is 852. The summed E-state index contributed by atoms with van der Waals surface area (Å²) in [7, 11) is 1.52. The molecule has 0 N–H and O–H groups in total. The van der Waals surface area contributed by atoms with Gasteiger partial charge in [-0.3, -0.25) is 4.79 Å². The minimum absolute atomic E-state index is 0.184. The highest BCUT2D eigenvalue weighted by Gasteiger charge is 2.11. The highest BCUT2D eigenvalue weighted by Crippen LogP contribution is 2.15. The predicted molar refractivity (Wildman–Crippen MR) is 79.1 cm³/mol.